The van der Waals surface area contributed by atoms with E-state index in [9.17, 15) is 24.4 Å². The van der Waals surface area contributed by atoms with Gasteiger partial charge in [0, 0.05) is 0 Å². The van der Waals surface area contributed by atoms with Gasteiger partial charge in [0.05, 0.1) is 6.61 Å². The van der Waals surface area contributed by atoms with Crippen LogP contribution in [0.2, 0.25) is 0 Å². The lowest BCUT2D eigenvalue weighted by atomic mass is 9.87. The Morgan fingerprint density at radius 1 is 0.895 bits per heavy atom. The molecular weight excluding hydrogens is 267 g/mol. The number of hydrogen-bond donors (Lipinski definition) is 3. The van der Waals surface area contributed by atoms with Crippen LogP contribution in [-0.2, 0) is 9.13 Å². The first-order valence-electron chi connectivity index (χ1n) is 7.08. The van der Waals surface area contributed by atoms with E-state index in [4.69, 9.17) is 0 Å². The maximum atomic E-state index is 11.4. The second-order valence-electron chi connectivity index (χ2n) is 5.18. The highest BCUT2D eigenvalue weighted by atomic mass is 31.1. The molecule has 0 aromatic rings. The third kappa shape index (κ3) is 4.99. The van der Waals surface area contributed by atoms with Gasteiger partial charge in [0.15, 0.2) is 0 Å². The molecule has 0 rings (SSSR count). The molecule has 6 heteroatoms. The van der Waals surface area contributed by atoms with Crippen molar-refractivity contribution in [2.75, 3.05) is 6.61 Å². The highest BCUT2D eigenvalue weighted by molar-refractivity contribution is 7.32. The zero-order chi connectivity index (χ0) is 14.9. The fraction of sp³-hybridized carbons (Fsp3) is 1.00. The maximum absolute atomic E-state index is 11.4. The smallest absolute Gasteiger partial charge is 0.351 e. The zero-order valence-electron chi connectivity index (χ0n) is 12.0. The average Bonchev–Trinajstić information content (AvgIpc) is 2.38. The Morgan fingerprint density at radius 3 is 1.74 bits per heavy atom. The molecular formula is C13H27O5P. The highest BCUT2D eigenvalue weighted by Crippen LogP contribution is 2.43. The van der Waals surface area contributed by atoms with Crippen molar-refractivity contribution in [1.82, 2.24) is 0 Å². The number of rotatable bonds is 11. The first-order valence-corrected chi connectivity index (χ1v) is 8.25. The molecule has 0 aliphatic heterocycles. The first kappa shape index (κ1) is 18.8. The summed E-state index contributed by atoms with van der Waals surface area (Å²) in [6, 6.07) is 0. The second-order valence-corrected chi connectivity index (χ2v) is 6.43. The van der Waals surface area contributed by atoms with E-state index < -0.39 is 25.2 Å². The molecule has 0 spiro atoms. The van der Waals surface area contributed by atoms with Gasteiger partial charge in [0.25, 0.3) is 0 Å². The lowest BCUT2D eigenvalue weighted by Gasteiger charge is -2.37. The van der Waals surface area contributed by atoms with Gasteiger partial charge >= 0.3 is 7.68 Å². The average molecular weight is 294 g/mol. The largest absolute Gasteiger partial charge is 0.393 e. The molecule has 0 radical (unpaired) electrons. The van der Waals surface area contributed by atoms with E-state index in [0.29, 0.717) is 12.8 Å². The molecule has 0 aliphatic carbocycles. The zero-order valence-corrected chi connectivity index (χ0v) is 12.9. The number of aliphatic hydroxyl groups excluding tert-OH is 1. The van der Waals surface area contributed by atoms with Crippen molar-refractivity contribution in [2.45, 2.75) is 76.2 Å². The third-order valence-electron chi connectivity index (χ3n) is 3.63. The van der Waals surface area contributed by atoms with Gasteiger partial charge in [-0.15, -0.1) is 0 Å². The molecule has 2 unspecified atom stereocenters. The molecule has 0 bridgehead atoms. The van der Waals surface area contributed by atoms with Gasteiger partial charge in [-0.25, -0.2) is 9.13 Å². The summed E-state index contributed by atoms with van der Waals surface area (Å²) >= 11 is 0. The van der Waals surface area contributed by atoms with Gasteiger partial charge in [-0.1, -0.05) is 46.0 Å². The van der Waals surface area contributed by atoms with E-state index in [0.717, 1.165) is 25.7 Å². The molecule has 5 nitrogen and oxygen atoms in total. The summed E-state index contributed by atoms with van der Waals surface area (Å²) in [6.45, 7) is 3.21. The maximum Gasteiger partial charge on any atom is 0.351 e. The van der Waals surface area contributed by atoms with Gasteiger partial charge in [0.2, 0.25) is 5.34 Å². The minimum atomic E-state index is -3.23. The first-order chi connectivity index (χ1) is 8.88. The van der Waals surface area contributed by atoms with Crippen LogP contribution in [0.4, 0.5) is 0 Å². The van der Waals surface area contributed by atoms with Crippen LogP contribution in [0.5, 0.6) is 0 Å². The van der Waals surface area contributed by atoms with Crippen molar-refractivity contribution in [2.24, 2.45) is 0 Å². The summed E-state index contributed by atoms with van der Waals surface area (Å²) in [5.74, 6) is 0. The lowest BCUT2D eigenvalue weighted by molar-refractivity contribution is -0.137. The fourth-order valence-corrected chi connectivity index (χ4v) is 3.05. The molecule has 19 heavy (non-hydrogen) atoms. The van der Waals surface area contributed by atoms with E-state index in [-0.39, 0.29) is 12.8 Å². The highest BCUT2D eigenvalue weighted by Gasteiger charge is 2.53. The predicted octanol–water partition coefficient (Wildman–Crippen LogP) is 2.73. The Morgan fingerprint density at radius 2 is 1.37 bits per heavy atom. The van der Waals surface area contributed by atoms with Crippen molar-refractivity contribution >= 4 is 7.68 Å². The Balaban J connectivity index is 4.95. The van der Waals surface area contributed by atoms with Gasteiger partial charge in [-0.05, 0) is 19.3 Å². The quantitative estimate of drug-likeness (QED) is 0.402. The third-order valence-corrected chi connectivity index (χ3v) is 4.88. The SMILES string of the molecule is CCCCCC(O)(CO)C(O)(CCCCC)P(=O)=O. The summed E-state index contributed by atoms with van der Waals surface area (Å²) in [4.78, 5) is 0. The van der Waals surface area contributed by atoms with Gasteiger partial charge in [-0.2, -0.15) is 0 Å². The summed E-state index contributed by atoms with van der Waals surface area (Å²) in [5.41, 5.74) is -1.97. The molecule has 0 fully saturated rings. The van der Waals surface area contributed by atoms with E-state index in [1.165, 1.54) is 0 Å². The Bertz CT molecular complexity index is 310. The summed E-state index contributed by atoms with van der Waals surface area (Å²) in [5, 5.41) is 27.8. The van der Waals surface area contributed by atoms with Crippen molar-refractivity contribution in [3.05, 3.63) is 0 Å². The van der Waals surface area contributed by atoms with Crippen LogP contribution in [0.1, 0.15) is 65.2 Å². The summed E-state index contributed by atoms with van der Waals surface area (Å²) in [6.07, 6.45) is 4.54. The molecule has 3 N–H and O–H groups in total. The van der Waals surface area contributed by atoms with Gasteiger partial charge in [-0.3, -0.25) is 0 Å². The summed E-state index contributed by atoms with van der Waals surface area (Å²) in [7, 11) is -3.23. The van der Waals surface area contributed by atoms with Crippen molar-refractivity contribution in [1.29, 1.82) is 0 Å². The van der Waals surface area contributed by atoms with Gasteiger partial charge < -0.3 is 15.3 Å². The van der Waals surface area contributed by atoms with E-state index >= 15 is 0 Å². The fourth-order valence-electron chi connectivity index (χ4n) is 2.19. The van der Waals surface area contributed by atoms with Crippen molar-refractivity contribution in [3.63, 3.8) is 0 Å². The Kier molecular flexibility index (Phi) is 8.75. The number of hydrogen-bond acceptors (Lipinski definition) is 5. The predicted molar refractivity (Wildman–Crippen MR) is 73.6 cm³/mol. The van der Waals surface area contributed by atoms with E-state index in [1.807, 2.05) is 13.8 Å². The minimum Gasteiger partial charge on any atom is -0.393 e. The monoisotopic (exact) mass is 294 g/mol. The molecule has 0 saturated carbocycles. The number of aliphatic hydroxyl groups is 3. The van der Waals surface area contributed by atoms with Crippen LogP contribution in [0.3, 0.4) is 0 Å². The van der Waals surface area contributed by atoms with Gasteiger partial charge in [0.1, 0.15) is 5.60 Å². The minimum absolute atomic E-state index is 0.0390. The molecule has 0 aromatic heterocycles. The van der Waals surface area contributed by atoms with Crippen LogP contribution < -0.4 is 0 Å². The topological polar surface area (TPSA) is 94.8 Å². The second kappa shape index (κ2) is 8.85. The molecule has 0 aromatic carbocycles. The lowest BCUT2D eigenvalue weighted by Crippen LogP contribution is -2.53. The molecule has 114 valence electrons. The van der Waals surface area contributed by atoms with Crippen molar-refractivity contribution < 1.29 is 24.4 Å². The Labute approximate surface area is 115 Å². The molecule has 0 aliphatic rings. The summed E-state index contributed by atoms with van der Waals surface area (Å²) < 4.78 is 22.7. The molecule has 0 saturated heterocycles. The van der Waals surface area contributed by atoms with Crippen LogP contribution in [0.15, 0.2) is 0 Å². The normalized spacial score (nSPS) is 17.7. The van der Waals surface area contributed by atoms with E-state index in [1.54, 1.807) is 0 Å². The molecule has 2 atom stereocenters. The number of unbranched alkanes of at least 4 members (excludes halogenated alkanes) is 4. The van der Waals surface area contributed by atoms with Crippen LogP contribution in [0.25, 0.3) is 0 Å². The van der Waals surface area contributed by atoms with Crippen molar-refractivity contribution in [3.8, 4) is 0 Å². The molecule has 0 amide bonds. The van der Waals surface area contributed by atoms with Crippen LogP contribution >= 0.6 is 7.68 Å². The molecule has 0 heterocycles. The van der Waals surface area contributed by atoms with E-state index in [2.05, 4.69) is 0 Å². The Hall–Kier alpha value is -0.220. The van der Waals surface area contributed by atoms with Crippen LogP contribution in [-0.4, -0.2) is 32.9 Å². The standard InChI is InChI=1S/C13H27O5P/c1-3-5-7-9-12(15,11-14)13(16,19(17)18)10-8-6-4-2/h14-16H,3-11H2,1-2H3. The van der Waals surface area contributed by atoms with Crippen LogP contribution in [0, 0.1) is 0 Å².